The van der Waals surface area contributed by atoms with Crippen molar-refractivity contribution in [1.82, 2.24) is 19.4 Å². The minimum absolute atomic E-state index is 0.110. The van der Waals surface area contributed by atoms with Crippen molar-refractivity contribution < 1.29 is 17.9 Å². The van der Waals surface area contributed by atoms with Crippen LogP contribution in [-0.4, -0.2) is 60.3 Å². The van der Waals surface area contributed by atoms with Gasteiger partial charge in [0.25, 0.3) is 5.91 Å². The summed E-state index contributed by atoms with van der Waals surface area (Å²) < 4.78 is 35.8. The molecule has 1 N–H and O–H groups in total. The second-order valence-electron chi connectivity index (χ2n) is 8.99. The lowest BCUT2D eigenvalue weighted by atomic mass is 10.1. The minimum Gasteiger partial charge on any atom is -0.373 e. The molecule has 0 aliphatic carbocycles. The Hall–Kier alpha value is -4.04. The molecule has 0 bridgehead atoms. The highest BCUT2D eigenvalue weighted by atomic mass is 32.2. The monoisotopic (exact) mass is 531 g/mol. The molecule has 9 nitrogen and oxygen atoms in total. The Morgan fingerprint density at radius 2 is 1.89 bits per heavy atom. The van der Waals surface area contributed by atoms with Crippen molar-refractivity contribution in [2.24, 2.45) is 0 Å². The Kier molecular flexibility index (Phi) is 8.22. The van der Waals surface area contributed by atoms with Crippen LogP contribution in [0.5, 0.6) is 0 Å². The third-order valence-corrected chi connectivity index (χ3v) is 7.79. The first-order valence-electron chi connectivity index (χ1n) is 12.1. The van der Waals surface area contributed by atoms with Gasteiger partial charge in [0.1, 0.15) is 17.3 Å². The standard InChI is InChI=1S/C28H29N5O4S/c1-4-13-30-28(34)23(16-29)14-24-19-33(25-10-6-5-7-11-25)31-27(24)22-9-8-12-26(15-22)38(35,36)32-17-20(2)37-21(3)18-32/h4-12,14-15,19-21H,1,13,17-18H2,2-3H3,(H,30,34). The van der Waals surface area contributed by atoms with Gasteiger partial charge in [-0.2, -0.15) is 14.7 Å². The summed E-state index contributed by atoms with van der Waals surface area (Å²) in [4.78, 5) is 12.6. The maximum absolute atomic E-state index is 13.5. The molecule has 4 rings (SSSR count). The Labute approximate surface area is 222 Å². The number of rotatable bonds is 8. The predicted octanol–water partition coefficient (Wildman–Crippen LogP) is 3.55. The van der Waals surface area contributed by atoms with Gasteiger partial charge >= 0.3 is 0 Å². The van der Waals surface area contributed by atoms with Gasteiger partial charge in [-0.15, -0.1) is 6.58 Å². The molecule has 1 aromatic heterocycles. The van der Waals surface area contributed by atoms with Gasteiger partial charge in [0.15, 0.2) is 0 Å². The highest BCUT2D eigenvalue weighted by molar-refractivity contribution is 7.89. The van der Waals surface area contributed by atoms with Crippen LogP contribution in [0, 0.1) is 11.3 Å². The summed E-state index contributed by atoms with van der Waals surface area (Å²) >= 11 is 0. The molecule has 2 aromatic carbocycles. The molecule has 196 valence electrons. The third-order valence-electron chi connectivity index (χ3n) is 5.97. The second kappa shape index (κ2) is 11.6. The van der Waals surface area contributed by atoms with E-state index in [0.29, 0.717) is 16.8 Å². The van der Waals surface area contributed by atoms with E-state index in [4.69, 9.17) is 9.84 Å². The normalized spacial score (nSPS) is 18.5. The smallest absolute Gasteiger partial charge is 0.262 e. The molecule has 2 atom stereocenters. The van der Waals surface area contributed by atoms with E-state index in [1.807, 2.05) is 50.2 Å². The Morgan fingerprint density at radius 1 is 1.18 bits per heavy atom. The van der Waals surface area contributed by atoms with Crippen molar-refractivity contribution >= 4 is 22.0 Å². The van der Waals surface area contributed by atoms with Crippen LogP contribution in [0.1, 0.15) is 19.4 Å². The maximum atomic E-state index is 13.5. The lowest BCUT2D eigenvalue weighted by molar-refractivity contribution is -0.116. The van der Waals surface area contributed by atoms with Crippen molar-refractivity contribution in [2.45, 2.75) is 31.0 Å². The van der Waals surface area contributed by atoms with Gasteiger partial charge < -0.3 is 10.1 Å². The van der Waals surface area contributed by atoms with Crippen molar-refractivity contribution in [2.75, 3.05) is 19.6 Å². The molecular formula is C28H29N5O4S. The molecule has 38 heavy (non-hydrogen) atoms. The van der Waals surface area contributed by atoms with Crippen LogP contribution < -0.4 is 5.32 Å². The number of morpholine rings is 1. The number of carbonyl (C=O) groups excluding carboxylic acids is 1. The molecule has 0 radical (unpaired) electrons. The van der Waals surface area contributed by atoms with Crippen LogP contribution in [0.2, 0.25) is 0 Å². The van der Waals surface area contributed by atoms with E-state index in [9.17, 15) is 18.5 Å². The summed E-state index contributed by atoms with van der Waals surface area (Å²) in [6.45, 7) is 8.01. The summed E-state index contributed by atoms with van der Waals surface area (Å²) in [5.74, 6) is -0.544. The molecule has 1 aliphatic rings. The van der Waals surface area contributed by atoms with Gasteiger partial charge in [0.05, 0.1) is 22.8 Å². The largest absolute Gasteiger partial charge is 0.373 e. The summed E-state index contributed by atoms with van der Waals surface area (Å²) in [7, 11) is -3.79. The number of amides is 1. The molecule has 3 aromatic rings. The molecular weight excluding hydrogens is 502 g/mol. The van der Waals surface area contributed by atoms with Crippen LogP contribution >= 0.6 is 0 Å². The number of para-hydroxylation sites is 1. The first kappa shape index (κ1) is 27.0. The SMILES string of the molecule is C=CCNC(=O)C(C#N)=Cc1cn(-c2ccccc2)nc1-c1cccc(S(=O)(=O)N2CC(C)OC(C)C2)c1. The summed E-state index contributed by atoms with van der Waals surface area (Å²) in [6, 6.07) is 17.8. The lowest BCUT2D eigenvalue weighted by Gasteiger charge is -2.34. The van der Waals surface area contributed by atoms with E-state index >= 15 is 0 Å². The van der Waals surface area contributed by atoms with Gasteiger partial charge in [-0.3, -0.25) is 4.79 Å². The zero-order valence-corrected chi connectivity index (χ0v) is 22.1. The van der Waals surface area contributed by atoms with Crippen LogP contribution in [0.3, 0.4) is 0 Å². The fraction of sp³-hybridized carbons (Fsp3) is 0.250. The number of benzene rings is 2. The average molecular weight is 532 g/mol. The summed E-state index contributed by atoms with van der Waals surface area (Å²) in [6.07, 6.45) is 4.24. The highest BCUT2D eigenvalue weighted by Crippen LogP contribution is 2.29. The second-order valence-corrected chi connectivity index (χ2v) is 10.9. The van der Waals surface area contributed by atoms with Gasteiger partial charge in [-0.1, -0.05) is 36.4 Å². The number of hydrogen-bond donors (Lipinski definition) is 1. The fourth-order valence-electron chi connectivity index (χ4n) is 4.27. The number of nitriles is 1. The van der Waals surface area contributed by atoms with Crippen LogP contribution in [0.15, 0.2) is 83.9 Å². The number of sulfonamides is 1. The Balaban J connectivity index is 1.80. The van der Waals surface area contributed by atoms with Crippen molar-refractivity contribution in [1.29, 1.82) is 5.26 Å². The quantitative estimate of drug-likeness (QED) is 0.270. The number of carbonyl (C=O) groups is 1. The summed E-state index contributed by atoms with van der Waals surface area (Å²) in [5.41, 5.74) is 2.11. The first-order chi connectivity index (χ1) is 18.2. The maximum Gasteiger partial charge on any atom is 0.262 e. The topological polar surface area (TPSA) is 117 Å². The zero-order chi connectivity index (χ0) is 27.3. The number of hydrogen-bond acceptors (Lipinski definition) is 6. The molecule has 0 saturated carbocycles. The minimum atomic E-state index is -3.79. The molecule has 1 saturated heterocycles. The number of ether oxygens (including phenoxy) is 1. The van der Waals surface area contributed by atoms with Crippen LogP contribution in [0.25, 0.3) is 23.0 Å². The van der Waals surface area contributed by atoms with E-state index in [0.717, 1.165) is 5.69 Å². The van der Waals surface area contributed by atoms with Crippen molar-refractivity contribution in [3.05, 3.63) is 84.6 Å². The van der Waals surface area contributed by atoms with Gasteiger partial charge in [-0.05, 0) is 44.2 Å². The molecule has 2 unspecified atom stereocenters. The van der Waals surface area contributed by atoms with E-state index in [2.05, 4.69) is 11.9 Å². The van der Waals surface area contributed by atoms with Gasteiger partial charge in [0, 0.05) is 37.0 Å². The van der Waals surface area contributed by atoms with E-state index in [1.165, 1.54) is 16.5 Å². The van der Waals surface area contributed by atoms with Crippen LogP contribution in [0.4, 0.5) is 0 Å². The molecule has 2 heterocycles. The number of aromatic nitrogens is 2. The molecule has 10 heteroatoms. The van der Waals surface area contributed by atoms with Crippen LogP contribution in [-0.2, 0) is 19.6 Å². The molecule has 1 amide bonds. The van der Waals surface area contributed by atoms with E-state index in [1.54, 1.807) is 35.1 Å². The molecule has 0 spiro atoms. The lowest BCUT2D eigenvalue weighted by Crippen LogP contribution is -2.48. The van der Waals surface area contributed by atoms with E-state index < -0.39 is 15.9 Å². The summed E-state index contributed by atoms with van der Waals surface area (Å²) in [5, 5.41) is 17.0. The van der Waals surface area contributed by atoms with Gasteiger partial charge in [0.2, 0.25) is 10.0 Å². The molecule has 1 fully saturated rings. The molecule has 1 aliphatic heterocycles. The first-order valence-corrected chi connectivity index (χ1v) is 13.6. The van der Waals surface area contributed by atoms with Gasteiger partial charge in [-0.25, -0.2) is 13.1 Å². The number of nitrogens with one attached hydrogen (secondary N) is 1. The Morgan fingerprint density at radius 3 is 2.55 bits per heavy atom. The van der Waals surface area contributed by atoms with E-state index in [-0.39, 0.29) is 42.3 Å². The Bertz CT molecular complexity index is 1500. The van der Waals surface area contributed by atoms with Crippen molar-refractivity contribution in [3.63, 3.8) is 0 Å². The zero-order valence-electron chi connectivity index (χ0n) is 21.2. The predicted molar refractivity (Wildman–Crippen MR) is 145 cm³/mol. The third kappa shape index (κ3) is 5.92. The van der Waals surface area contributed by atoms with Crippen molar-refractivity contribution in [3.8, 4) is 23.0 Å². The average Bonchev–Trinajstić information content (AvgIpc) is 3.34. The fourth-order valence-corrected chi connectivity index (χ4v) is 5.91. The highest BCUT2D eigenvalue weighted by Gasteiger charge is 2.32. The number of nitrogens with zero attached hydrogens (tertiary/aromatic N) is 4.